The van der Waals surface area contributed by atoms with E-state index in [0.717, 1.165) is 0 Å². The Morgan fingerprint density at radius 3 is 1.64 bits per heavy atom. The summed E-state index contributed by atoms with van der Waals surface area (Å²) in [6, 6.07) is 0. The molecule has 5 atom stereocenters. The van der Waals surface area contributed by atoms with E-state index in [1.807, 2.05) is 62.3 Å². The summed E-state index contributed by atoms with van der Waals surface area (Å²) in [6.45, 7) is 18.1. The minimum Gasteiger partial charge on any atom is -0.373 e. The van der Waals surface area contributed by atoms with Crippen LogP contribution in [-0.4, -0.2) is 66.3 Å². The van der Waals surface area contributed by atoms with E-state index in [1.165, 1.54) is 7.11 Å². The molecule has 1 N–H and O–H groups in total. The van der Waals surface area contributed by atoms with Gasteiger partial charge in [0.2, 0.25) is 0 Å². The molecule has 1 heterocycles. The van der Waals surface area contributed by atoms with E-state index in [9.17, 15) is 5.11 Å². The standard InChI is InChI=1S/C19H38O6/c1-17(2,3)22-11-12-13(24-18(4,5)6)14(25-19(7,8)9)15(21-10)16(20)23-12/h12-16,20H,11H2,1-10H3/t12?,13-,14+,15?,16+/m1/s1. The maximum absolute atomic E-state index is 10.4. The summed E-state index contributed by atoms with van der Waals surface area (Å²) in [6.07, 6.45) is -3.13. The molecule has 2 unspecified atom stereocenters. The van der Waals surface area contributed by atoms with Crippen molar-refractivity contribution in [3.05, 3.63) is 0 Å². The van der Waals surface area contributed by atoms with Gasteiger partial charge < -0.3 is 28.8 Å². The number of hydrogen-bond donors (Lipinski definition) is 1. The predicted octanol–water partition coefficient (Wildman–Crippen LogP) is 2.90. The second kappa shape index (κ2) is 8.19. The number of hydrogen-bond acceptors (Lipinski definition) is 6. The first kappa shape index (κ1) is 22.8. The van der Waals surface area contributed by atoms with Crippen molar-refractivity contribution in [2.45, 2.75) is 110 Å². The van der Waals surface area contributed by atoms with Crippen molar-refractivity contribution >= 4 is 0 Å². The molecule has 1 aliphatic heterocycles. The quantitative estimate of drug-likeness (QED) is 0.811. The molecule has 1 saturated heterocycles. The van der Waals surface area contributed by atoms with Gasteiger partial charge in [-0.15, -0.1) is 0 Å². The topological polar surface area (TPSA) is 66.4 Å². The largest absolute Gasteiger partial charge is 0.373 e. The molecular weight excluding hydrogens is 324 g/mol. The van der Waals surface area contributed by atoms with Crippen molar-refractivity contribution in [1.82, 2.24) is 0 Å². The predicted molar refractivity (Wildman–Crippen MR) is 96.6 cm³/mol. The summed E-state index contributed by atoms with van der Waals surface area (Å²) in [7, 11) is 1.54. The highest BCUT2D eigenvalue weighted by atomic mass is 16.7. The first-order valence-corrected chi connectivity index (χ1v) is 8.99. The zero-order valence-corrected chi connectivity index (χ0v) is 17.6. The van der Waals surface area contributed by atoms with E-state index < -0.39 is 41.9 Å². The lowest BCUT2D eigenvalue weighted by Gasteiger charge is -2.48. The average Bonchev–Trinajstić information content (AvgIpc) is 2.36. The molecule has 0 amide bonds. The Kier molecular flexibility index (Phi) is 7.47. The van der Waals surface area contributed by atoms with E-state index in [0.29, 0.717) is 6.61 Å². The van der Waals surface area contributed by atoms with Crippen molar-refractivity contribution < 1.29 is 28.8 Å². The second-order valence-electron chi connectivity index (χ2n) is 9.58. The third-order valence-corrected chi connectivity index (χ3v) is 3.54. The first-order valence-electron chi connectivity index (χ1n) is 8.99. The maximum Gasteiger partial charge on any atom is 0.184 e. The van der Waals surface area contributed by atoms with E-state index in [1.54, 1.807) is 0 Å². The molecule has 150 valence electrons. The van der Waals surface area contributed by atoms with Crippen LogP contribution in [0.4, 0.5) is 0 Å². The lowest BCUT2D eigenvalue weighted by molar-refractivity contribution is -0.331. The van der Waals surface area contributed by atoms with Gasteiger partial charge in [0, 0.05) is 7.11 Å². The summed E-state index contributed by atoms with van der Waals surface area (Å²) >= 11 is 0. The Morgan fingerprint density at radius 1 is 0.760 bits per heavy atom. The molecule has 0 bridgehead atoms. The molecule has 0 aromatic rings. The Hall–Kier alpha value is -0.240. The van der Waals surface area contributed by atoms with Gasteiger partial charge in [0.1, 0.15) is 24.4 Å². The monoisotopic (exact) mass is 362 g/mol. The van der Waals surface area contributed by atoms with Crippen LogP contribution < -0.4 is 0 Å². The molecule has 0 aromatic heterocycles. The van der Waals surface area contributed by atoms with Crippen molar-refractivity contribution in [2.24, 2.45) is 0 Å². The minimum atomic E-state index is -1.11. The Labute approximate surface area is 153 Å². The molecule has 0 saturated carbocycles. The van der Waals surface area contributed by atoms with Gasteiger partial charge in [0.25, 0.3) is 0 Å². The first-order chi connectivity index (χ1) is 11.1. The van der Waals surface area contributed by atoms with Crippen LogP contribution in [0.2, 0.25) is 0 Å². The van der Waals surface area contributed by atoms with Gasteiger partial charge in [-0.2, -0.15) is 0 Å². The molecule has 0 aliphatic carbocycles. The molecule has 1 aliphatic rings. The van der Waals surface area contributed by atoms with Crippen LogP contribution in [0.15, 0.2) is 0 Å². The van der Waals surface area contributed by atoms with E-state index in [2.05, 4.69) is 0 Å². The second-order valence-corrected chi connectivity index (χ2v) is 9.58. The third-order valence-electron chi connectivity index (χ3n) is 3.54. The van der Waals surface area contributed by atoms with Gasteiger partial charge >= 0.3 is 0 Å². The van der Waals surface area contributed by atoms with Gasteiger partial charge in [-0.05, 0) is 62.3 Å². The van der Waals surface area contributed by atoms with Gasteiger partial charge in [0.05, 0.1) is 23.4 Å². The molecule has 25 heavy (non-hydrogen) atoms. The van der Waals surface area contributed by atoms with Crippen molar-refractivity contribution in [1.29, 1.82) is 0 Å². The number of methoxy groups -OCH3 is 1. The van der Waals surface area contributed by atoms with Crippen molar-refractivity contribution in [3.8, 4) is 0 Å². The van der Waals surface area contributed by atoms with Gasteiger partial charge in [-0.1, -0.05) is 0 Å². The van der Waals surface area contributed by atoms with Gasteiger partial charge in [-0.25, -0.2) is 0 Å². The number of ether oxygens (including phenoxy) is 5. The molecule has 6 nitrogen and oxygen atoms in total. The maximum atomic E-state index is 10.4. The van der Waals surface area contributed by atoms with Crippen molar-refractivity contribution in [2.75, 3.05) is 13.7 Å². The van der Waals surface area contributed by atoms with Crippen LogP contribution in [0.25, 0.3) is 0 Å². The Bertz CT molecular complexity index is 404. The molecule has 0 spiro atoms. The highest BCUT2D eigenvalue weighted by Gasteiger charge is 2.50. The fraction of sp³-hybridized carbons (Fsp3) is 1.00. The molecule has 0 aromatic carbocycles. The lowest BCUT2D eigenvalue weighted by Crippen LogP contribution is -2.63. The number of aliphatic hydroxyl groups excluding tert-OH is 1. The van der Waals surface area contributed by atoms with Crippen LogP contribution in [0.5, 0.6) is 0 Å². The van der Waals surface area contributed by atoms with E-state index in [-0.39, 0.29) is 5.60 Å². The third kappa shape index (κ3) is 7.89. The Morgan fingerprint density at radius 2 is 1.24 bits per heavy atom. The molecular formula is C19H38O6. The van der Waals surface area contributed by atoms with Crippen LogP contribution in [0, 0.1) is 0 Å². The van der Waals surface area contributed by atoms with Crippen molar-refractivity contribution in [3.63, 3.8) is 0 Å². The van der Waals surface area contributed by atoms with Crippen LogP contribution in [0.1, 0.15) is 62.3 Å². The fourth-order valence-electron chi connectivity index (χ4n) is 2.71. The number of aliphatic hydroxyl groups is 1. The summed E-state index contributed by atoms with van der Waals surface area (Å²) in [5.74, 6) is 0. The molecule has 6 heteroatoms. The Balaban J connectivity index is 3.12. The van der Waals surface area contributed by atoms with Gasteiger partial charge in [-0.3, -0.25) is 0 Å². The van der Waals surface area contributed by atoms with Crippen LogP contribution >= 0.6 is 0 Å². The molecule has 1 rings (SSSR count). The summed E-state index contributed by atoms with van der Waals surface area (Å²) in [5.41, 5.74) is -1.15. The zero-order chi connectivity index (χ0) is 19.6. The van der Waals surface area contributed by atoms with E-state index >= 15 is 0 Å². The zero-order valence-electron chi connectivity index (χ0n) is 17.6. The summed E-state index contributed by atoms with van der Waals surface area (Å²) in [5, 5.41) is 10.4. The van der Waals surface area contributed by atoms with Crippen LogP contribution in [0.3, 0.4) is 0 Å². The molecule has 0 radical (unpaired) electrons. The van der Waals surface area contributed by atoms with E-state index in [4.69, 9.17) is 23.7 Å². The normalized spacial score (nSPS) is 32.0. The van der Waals surface area contributed by atoms with Gasteiger partial charge in [0.15, 0.2) is 6.29 Å². The lowest BCUT2D eigenvalue weighted by atomic mass is 9.96. The fourth-order valence-corrected chi connectivity index (χ4v) is 2.71. The smallest absolute Gasteiger partial charge is 0.184 e. The SMILES string of the molecule is COC1[C@@H](OC(C)(C)C)[C@H](OC(C)(C)C)C(COC(C)(C)C)O[C@@H]1O. The summed E-state index contributed by atoms with van der Waals surface area (Å²) in [4.78, 5) is 0. The molecule has 1 fully saturated rings. The summed E-state index contributed by atoms with van der Waals surface area (Å²) < 4.78 is 29.7. The van der Waals surface area contributed by atoms with Crippen LogP contribution in [-0.2, 0) is 23.7 Å². The number of rotatable bonds is 5. The highest BCUT2D eigenvalue weighted by molar-refractivity contribution is 4.94. The highest BCUT2D eigenvalue weighted by Crippen LogP contribution is 2.32. The minimum absolute atomic E-state index is 0.293. The average molecular weight is 363 g/mol.